The van der Waals surface area contributed by atoms with E-state index < -0.39 is 47.7 Å². The lowest BCUT2D eigenvalue weighted by Gasteiger charge is -2.36. The fraction of sp³-hybridized carbons (Fsp3) is 0.474. The van der Waals surface area contributed by atoms with Crippen molar-refractivity contribution in [3.63, 3.8) is 0 Å². The average Bonchev–Trinajstić information content (AvgIpc) is 3.68. The molecule has 1 spiro atoms. The Kier molecular flexibility index (Phi) is 10.9. The Hall–Kier alpha value is -3.84. The number of hydrogen-bond acceptors (Lipinski definition) is 8. The molecular weight excluding hydrogens is 706 g/mol. The number of aliphatic hydroxyl groups excluding tert-OH is 1. The minimum Gasteiger partial charge on any atom is -0.455 e. The van der Waals surface area contributed by atoms with Crippen molar-refractivity contribution in [1.29, 1.82) is 0 Å². The van der Waals surface area contributed by atoms with Crippen molar-refractivity contribution in [3.05, 3.63) is 87.9 Å². The Morgan fingerprint density at radius 3 is 2.42 bits per heavy atom. The molecule has 12 heteroatoms. The first-order chi connectivity index (χ1) is 24.1. The molecule has 5 bridgehead atoms. The first-order valence-corrected chi connectivity index (χ1v) is 18.0. The first-order valence-electron chi connectivity index (χ1n) is 17.2. The van der Waals surface area contributed by atoms with Crippen molar-refractivity contribution in [2.75, 3.05) is 38.3 Å². The van der Waals surface area contributed by atoms with E-state index >= 15 is 4.79 Å². The number of carbonyl (C=O) groups excluding carboxylic acids is 4. The number of unbranched alkanes of at least 4 members (excludes halogenated alkanes) is 1. The molecule has 50 heavy (non-hydrogen) atoms. The number of halogens is 1. The van der Waals surface area contributed by atoms with Crippen LogP contribution in [0.2, 0.25) is 0 Å². The van der Waals surface area contributed by atoms with Gasteiger partial charge in [-0.05, 0) is 55.9 Å². The fourth-order valence-corrected chi connectivity index (χ4v) is 8.71. The highest BCUT2D eigenvalue weighted by Crippen LogP contribution is 2.59. The zero-order chi connectivity index (χ0) is 35.6. The Morgan fingerprint density at radius 2 is 1.72 bits per heavy atom. The second-order valence-corrected chi connectivity index (χ2v) is 14.3. The van der Waals surface area contributed by atoms with Gasteiger partial charge in [0.25, 0.3) is 5.91 Å². The Labute approximate surface area is 300 Å². The van der Waals surface area contributed by atoms with Gasteiger partial charge < -0.3 is 34.4 Å². The lowest BCUT2D eigenvalue weighted by Crippen LogP contribution is -2.56. The van der Waals surface area contributed by atoms with Crippen LogP contribution in [0.25, 0.3) is 0 Å². The van der Waals surface area contributed by atoms with Crippen molar-refractivity contribution in [2.24, 2.45) is 11.8 Å². The zero-order valence-corrected chi connectivity index (χ0v) is 30.1. The highest BCUT2D eigenvalue weighted by molar-refractivity contribution is 9.11. The molecule has 2 saturated heterocycles. The number of aliphatic hydroxyl groups is 1. The summed E-state index contributed by atoms with van der Waals surface area (Å²) in [6, 6.07) is 13.1. The van der Waals surface area contributed by atoms with E-state index in [1.165, 1.54) is 12.0 Å². The van der Waals surface area contributed by atoms with Crippen molar-refractivity contribution < 1.29 is 38.5 Å². The van der Waals surface area contributed by atoms with Gasteiger partial charge in [0.2, 0.25) is 11.8 Å². The number of fused-ring (bicyclic) bond motifs is 2. The number of likely N-dealkylation sites (tertiary alicyclic amines) is 1. The van der Waals surface area contributed by atoms with Gasteiger partial charge in [-0.3, -0.25) is 19.2 Å². The van der Waals surface area contributed by atoms with Crippen LogP contribution in [-0.2, 0) is 33.4 Å². The Bertz CT molecular complexity index is 1660. The molecule has 4 aliphatic heterocycles. The monoisotopic (exact) mass is 749 g/mol. The van der Waals surface area contributed by atoms with Crippen molar-refractivity contribution in [1.82, 2.24) is 10.2 Å². The van der Waals surface area contributed by atoms with Crippen LogP contribution in [0.3, 0.4) is 0 Å². The molecule has 6 rings (SSSR count). The van der Waals surface area contributed by atoms with Gasteiger partial charge in [0.15, 0.2) is 0 Å². The number of anilines is 1. The van der Waals surface area contributed by atoms with Gasteiger partial charge in [0.05, 0.1) is 18.6 Å². The molecule has 0 aromatic heterocycles. The topological polar surface area (TPSA) is 135 Å². The summed E-state index contributed by atoms with van der Waals surface area (Å²) in [7, 11) is 1.51. The number of carbonyl (C=O) groups is 4. The molecule has 3 amide bonds. The molecule has 2 N–H and O–H groups in total. The minimum atomic E-state index is -1.45. The SMILES string of the molecule is COC[C@H]1NC(=O)CC/C=C\CN(c2c(C)cccc2C)C(=O)[C@@H]2N(CCCCO)C(=O)[C@H]3[C@H](C(=O)O[C@@H]1c1ccccc1)[C@H]1O[C@@]23C=C1Br. The summed E-state index contributed by atoms with van der Waals surface area (Å²) < 4.78 is 19.0. The summed E-state index contributed by atoms with van der Waals surface area (Å²) in [6.45, 7) is 4.25. The normalized spacial score (nSPS) is 30.6. The Morgan fingerprint density at radius 1 is 0.980 bits per heavy atom. The highest BCUT2D eigenvalue weighted by Gasteiger charge is 2.75. The van der Waals surface area contributed by atoms with E-state index in [1.54, 1.807) is 11.0 Å². The molecule has 0 aliphatic carbocycles. The van der Waals surface area contributed by atoms with Crippen LogP contribution < -0.4 is 10.2 Å². The minimum absolute atomic E-state index is 0.0619. The molecule has 2 aromatic rings. The van der Waals surface area contributed by atoms with Crippen LogP contribution in [0.15, 0.2) is 71.2 Å². The standard InChI is InChI=1S/C38H44BrN3O8/c1-23-13-12-14-24(2)31(23)41-18-9-5-8-17-28(44)40-27(22-48-3)32(25-15-6-4-7-16-25)49-37(47)29-30-35(45)42(19-10-11-20-43)34(36(41)46)38(30)21-26(39)33(29)50-38/h4-7,9,12-16,21,27,29-30,32-34,43H,8,10-11,17-20,22H2,1-3H3,(H,40,44)/b9-5-/t27-,29+,30-,32-,33+,34+,38-/m1/s1. The second-order valence-electron chi connectivity index (χ2n) is 13.4. The Balaban J connectivity index is 1.49. The summed E-state index contributed by atoms with van der Waals surface area (Å²) in [5, 5.41) is 12.6. The van der Waals surface area contributed by atoms with E-state index in [2.05, 4.69) is 21.2 Å². The van der Waals surface area contributed by atoms with E-state index in [0.29, 0.717) is 29.3 Å². The number of esters is 1. The lowest BCUT2D eigenvalue weighted by molar-refractivity contribution is -0.162. The number of allylic oxidation sites excluding steroid dienone is 1. The van der Waals surface area contributed by atoms with E-state index in [9.17, 15) is 19.5 Å². The van der Waals surface area contributed by atoms with Crippen LogP contribution in [0.1, 0.15) is 48.5 Å². The van der Waals surface area contributed by atoms with Crippen LogP contribution in [0, 0.1) is 25.7 Å². The molecule has 7 atom stereocenters. The predicted octanol–water partition coefficient (Wildman–Crippen LogP) is 4.05. The van der Waals surface area contributed by atoms with Gasteiger partial charge in [0.1, 0.15) is 29.8 Å². The number of cyclic esters (lactones) is 1. The first kappa shape index (κ1) is 36.0. The lowest BCUT2D eigenvalue weighted by atomic mass is 9.74. The molecule has 2 fully saturated rings. The van der Waals surface area contributed by atoms with Gasteiger partial charge >= 0.3 is 5.97 Å². The number of methoxy groups -OCH3 is 1. The third-order valence-electron chi connectivity index (χ3n) is 10.1. The second kappa shape index (κ2) is 15.2. The highest BCUT2D eigenvalue weighted by atomic mass is 79.9. The third-order valence-corrected chi connectivity index (χ3v) is 10.8. The van der Waals surface area contributed by atoms with Gasteiger partial charge in [-0.2, -0.15) is 0 Å². The molecular formula is C38H44BrN3O8. The maximum atomic E-state index is 15.1. The quantitative estimate of drug-likeness (QED) is 0.235. The van der Waals surface area contributed by atoms with E-state index in [4.69, 9.17) is 14.2 Å². The van der Waals surface area contributed by atoms with E-state index in [-0.39, 0.29) is 50.4 Å². The molecule has 4 aliphatic rings. The molecule has 266 valence electrons. The van der Waals surface area contributed by atoms with Crippen LogP contribution in [0.5, 0.6) is 0 Å². The average molecular weight is 751 g/mol. The van der Waals surface area contributed by atoms with Gasteiger partial charge in [-0.1, -0.05) is 76.6 Å². The number of hydrogen-bond donors (Lipinski definition) is 2. The molecule has 11 nitrogen and oxygen atoms in total. The van der Waals surface area contributed by atoms with Gasteiger partial charge in [0, 0.05) is 43.4 Å². The number of ether oxygens (including phenoxy) is 3. The summed E-state index contributed by atoms with van der Waals surface area (Å²) in [4.78, 5) is 60.8. The molecule has 0 radical (unpaired) electrons. The third kappa shape index (κ3) is 6.54. The summed E-state index contributed by atoms with van der Waals surface area (Å²) >= 11 is 3.62. The van der Waals surface area contributed by atoms with Crippen molar-refractivity contribution in [2.45, 2.75) is 69.4 Å². The van der Waals surface area contributed by atoms with Crippen LogP contribution >= 0.6 is 15.9 Å². The summed E-state index contributed by atoms with van der Waals surface area (Å²) in [5.74, 6) is -3.76. The van der Waals surface area contributed by atoms with Crippen LogP contribution in [0.4, 0.5) is 5.69 Å². The molecule has 2 aromatic carbocycles. The van der Waals surface area contributed by atoms with Crippen LogP contribution in [-0.4, -0.2) is 90.9 Å². The number of amides is 3. The smallest absolute Gasteiger partial charge is 0.313 e. The maximum absolute atomic E-state index is 15.1. The van der Waals surface area contributed by atoms with Crippen molar-refractivity contribution >= 4 is 45.3 Å². The summed E-state index contributed by atoms with van der Waals surface area (Å²) in [6.07, 6.45) is 5.19. The van der Waals surface area contributed by atoms with Gasteiger partial charge in [-0.15, -0.1) is 0 Å². The zero-order valence-electron chi connectivity index (χ0n) is 28.5. The predicted molar refractivity (Wildman–Crippen MR) is 189 cm³/mol. The number of rotatable bonds is 8. The number of para-hydroxylation sites is 1. The van der Waals surface area contributed by atoms with Crippen molar-refractivity contribution in [3.8, 4) is 0 Å². The number of benzene rings is 2. The van der Waals surface area contributed by atoms with E-state index in [0.717, 1.165) is 16.8 Å². The molecule has 4 heterocycles. The van der Waals surface area contributed by atoms with Gasteiger partial charge in [-0.25, -0.2) is 0 Å². The number of nitrogens with zero attached hydrogens (tertiary/aromatic N) is 2. The molecule has 0 saturated carbocycles. The summed E-state index contributed by atoms with van der Waals surface area (Å²) in [5.41, 5.74) is 1.69. The van der Waals surface area contributed by atoms with E-state index in [1.807, 2.05) is 74.5 Å². The molecule has 0 unspecified atom stereocenters. The number of nitrogens with one attached hydrogen (secondary N) is 1. The largest absolute Gasteiger partial charge is 0.455 e. The maximum Gasteiger partial charge on any atom is 0.313 e. The number of aryl methyl sites for hydroxylation is 2. The fourth-order valence-electron chi connectivity index (χ4n) is 7.97.